The third-order valence-electron chi connectivity index (χ3n) is 6.40. The van der Waals surface area contributed by atoms with Crippen LogP contribution in [0, 0.1) is 11.6 Å². The molecule has 39 heavy (non-hydrogen) atoms. The van der Waals surface area contributed by atoms with Gasteiger partial charge in [-0.2, -0.15) is 0 Å². The minimum atomic E-state index is -1.20. The molecule has 5 rings (SSSR count). The predicted molar refractivity (Wildman–Crippen MR) is 137 cm³/mol. The van der Waals surface area contributed by atoms with E-state index in [2.05, 4.69) is 20.3 Å². The quantitative estimate of drug-likeness (QED) is 0.219. The average molecular weight is 536 g/mol. The number of imidazole rings is 2. The van der Waals surface area contributed by atoms with Crippen LogP contribution in [-0.2, 0) is 7.05 Å². The Balaban J connectivity index is 1.31. The topological polar surface area (TPSA) is 142 Å². The van der Waals surface area contributed by atoms with Gasteiger partial charge in [0.2, 0.25) is 0 Å². The fraction of sp³-hybridized carbons (Fsp3) is 0.185. The summed E-state index contributed by atoms with van der Waals surface area (Å²) in [5.74, 6) is -3.71. The maximum Gasteiger partial charge on any atom is 0.339 e. The number of amides is 1. The van der Waals surface area contributed by atoms with E-state index in [9.17, 15) is 28.6 Å². The van der Waals surface area contributed by atoms with E-state index in [-0.39, 0.29) is 47.2 Å². The summed E-state index contributed by atoms with van der Waals surface area (Å²) in [4.78, 5) is 35.7. The summed E-state index contributed by atoms with van der Waals surface area (Å²) < 4.78 is 35.2. The van der Waals surface area contributed by atoms with Gasteiger partial charge in [0.1, 0.15) is 46.4 Å². The number of fused-ring (bicyclic) bond motifs is 2. The van der Waals surface area contributed by atoms with Crippen molar-refractivity contribution < 1.29 is 33.3 Å². The lowest BCUT2D eigenvalue weighted by Gasteiger charge is -2.10. The van der Waals surface area contributed by atoms with Gasteiger partial charge < -0.3 is 29.8 Å². The molecule has 10 nitrogen and oxygen atoms in total. The van der Waals surface area contributed by atoms with Gasteiger partial charge in [0.05, 0.1) is 23.5 Å². The number of rotatable bonds is 8. The molecule has 0 aliphatic carbocycles. The van der Waals surface area contributed by atoms with Gasteiger partial charge in [-0.05, 0) is 37.3 Å². The van der Waals surface area contributed by atoms with Crippen LogP contribution in [0.1, 0.15) is 45.2 Å². The number of aromatic carboxylic acids is 1. The summed E-state index contributed by atoms with van der Waals surface area (Å²) in [7, 11) is 1.76. The Morgan fingerprint density at radius 2 is 1.92 bits per heavy atom. The molecule has 0 saturated heterocycles. The van der Waals surface area contributed by atoms with E-state index in [0.717, 1.165) is 0 Å². The highest BCUT2D eigenvalue weighted by Gasteiger charge is 2.23. The molecule has 1 atom stereocenters. The van der Waals surface area contributed by atoms with E-state index in [0.29, 0.717) is 28.5 Å². The number of aryl methyl sites for hydroxylation is 1. The van der Waals surface area contributed by atoms with Crippen LogP contribution in [0.4, 0.5) is 8.78 Å². The highest BCUT2D eigenvalue weighted by Crippen LogP contribution is 2.32. The number of carboxylic acid groups (broad SMARTS) is 1. The number of ether oxygens (including phenoxy) is 1. The molecule has 0 radical (unpaired) electrons. The molecular weight excluding hydrogens is 512 g/mol. The van der Waals surface area contributed by atoms with Crippen LogP contribution in [0.3, 0.4) is 0 Å². The van der Waals surface area contributed by atoms with Crippen LogP contribution in [0.2, 0.25) is 0 Å². The van der Waals surface area contributed by atoms with E-state index < -0.39 is 29.3 Å². The number of carboxylic acids is 1. The number of phenols is 1. The molecule has 2 heterocycles. The highest BCUT2D eigenvalue weighted by molar-refractivity contribution is 5.97. The number of H-pyrrole nitrogens is 1. The van der Waals surface area contributed by atoms with Crippen molar-refractivity contribution in [3.63, 3.8) is 0 Å². The molecule has 0 bridgehead atoms. The van der Waals surface area contributed by atoms with Gasteiger partial charge in [0.15, 0.2) is 11.6 Å². The van der Waals surface area contributed by atoms with E-state index in [4.69, 9.17) is 4.74 Å². The highest BCUT2D eigenvalue weighted by atomic mass is 19.2. The largest absolute Gasteiger partial charge is 0.506 e. The summed E-state index contributed by atoms with van der Waals surface area (Å²) in [5, 5.41) is 22.0. The van der Waals surface area contributed by atoms with Crippen molar-refractivity contribution in [1.29, 1.82) is 0 Å². The maximum absolute atomic E-state index is 14.2. The summed E-state index contributed by atoms with van der Waals surface area (Å²) in [6.45, 7) is 2.00. The van der Waals surface area contributed by atoms with Crippen molar-refractivity contribution in [3.8, 4) is 11.5 Å². The Labute approximate surface area is 219 Å². The zero-order chi connectivity index (χ0) is 27.8. The lowest BCUT2D eigenvalue weighted by atomic mass is 10.1. The number of nitrogens with zero attached hydrogens (tertiary/aromatic N) is 3. The molecule has 3 aromatic carbocycles. The van der Waals surface area contributed by atoms with Crippen molar-refractivity contribution in [2.45, 2.75) is 12.8 Å². The number of hydrogen-bond acceptors (Lipinski definition) is 6. The lowest BCUT2D eigenvalue weighted by Crippen LogP contribution is -2.28. The first-order valence-corrected chi connectivity index (χ1v) is 11.9. The zero-order valence-electron chi connectivity index (χ0n) is 20.8. The summed E-state index contributed by atoms with van der Waals surface area (Å²) >= 11 is 0. The Morgan fingerprint density at radius 3 is 2.69 bits per heavy atom. The second-order valence-corrected chi connectivity index (χ2v) is 8.90. The fourth-order valence-electron chi connectivity index (χ4n) is 4.37. The second-order valence-electron chi connectivity index (χ2n) is 8.90. The van der Waals surface area contributed by atoms with E-state index in [1.54, 1.807) is 54.9 Å². The van der Waals surface area contributed by atoms with Crippen LogP contribution < -0.4 is 10.1 Å². The van der Waals surface area contributed by atoms with Crippen molar-refractivity contribution in [2.24, 2.45) is 7.05 Å². The Hall–Kier alpha value is -5.00. The SMILES string of the molecule is CC(c1nc2c(F)c(F)cc(O)c2[nH]1)c1nc2ccc(C(=O)NCCOc3ccccc3C(=O)O)cc2n1C. The minimum absolute atomic E-state index is 0.0103. The van der Waals surface area contributed by atoms with Crippen LogP contribution in [0.15, 0.2) is 48.5 Å². The number of carbonyl (C=O) groups is 2. The van der Waals surface area contributed by atoms with Gasteiger partial charge in [-0.15, -0.1) is 0 Å². The number of carbonyl (C=O) groups excluding carboxylic acids is 1. The third kappa shape index (κ3) is 4.72. The Bertz CT molecular complexity index is 1750. The first kappa shape index (κ1) is 25.6. The van der Waals surface area contributed by atoms with Crippen LogP contribution in [-0.4, -0.2) is 54.8 Å². The predicted octanol–water partition coefficient (Wildman–Crippen LogP) is 4.09. The van der Waals surface area contributed by atoms with Crippen molar-refractivity contribution in [1.82, 2.24) is 24.8 Å². The van der Waals surface area contributed by atoms with Crippen molar-refractivity contribution in [2.75, 3.05) is 13.2 Å². The number of para-hydroxylation sites is 1. The molecular formula is C27H23F2N5O5. The number of aromatic hydroxyl groups is 1. The molecule has 1 amide bonds. The number of aromatic nitrogens is 4. The van der Waals surface area contributed by atoms with Gasteiger partial charge in [-0.25, -0.2) is 23.5 Å². The molecule has 0 spiro atoms. The van der Waals surface area contributed by atoms with Gasteiger partial charge >= 0.3 is 5.97 Å². The molecule has 0 saturated carbocycles. The Kier molecular flexibility index (Phi) is 6.60. The van der Waals surface area contributed by atoms with Crippen LogP contribution in [0.25, 0.3) is 22.1 Å². The molecule has 0 aliphatic heterocycles. The van der Waals surface area contributed by atoms with Gasteiger partial charge in [-0.1, -0.05) is 12.1 Å². The number of halogens is 2. The monoisotopic (exact) mass is 535 g/mol. The van der Waals surface area contributed by atoms with E-state index in [1.165, 1.54) is 6.07 Å². The smallest absolute Gasteiger partial charge is 0.339 e. The number of nitrogens with one attached hydrogen (secondary N) is 2. The number of phenolic OH excluding ortho intramolecular Hbond substituents is 1. The fourth-order valence-corrected chi connectivity index (χ4v) is 4.37. The van der Waals surface area contributed by atoms with Crippen molar-refractivity contribution >= 4 is 33.9 Å². The normalized spacial score (nSPS) is 12.1. The Morgan fingerprint density at radius 1 is 1.15 bits per heavy atom. The summed E-state index contributed by atoms with van der Waals surface area (Å²) in [6, 6.07) is 11.9. The second kappa shape index (κ2) is 10.0. The molecule has 200 valence electrons. The maximum atomic E-state index is 14.2. The number of hydrogen-bond donors (Lipinski definition) is 4. The van der Waals surface area contributed by atoms with Crippen LogP contribution in [0.5, 0.6) is 11.5 Å². The lowest BCUT2D eigenvalue weighted by molar-refractivity contribution is 0.0691. The molecule has 12 heteroatoms. The summed E-state index contributed by atoms with van der Waals surface area (Å²) in [5.41, 5.74) is 1.37. The first-order valence-electron chi connectivity index (χ1n) is 11.9. The number of benzene rings is 3. The van der Waals surface area contributed by atoms with Crippen LogP contribution >= 0.6 is 0 Å². The third-order valence-corrected chi connectivity index (χ3v) is 6.40. The van der Waals surface area contributed by atoms with Crippen molar-refractivity contribution in [3.05, 3.63) is 82.9 Å². The van der Waals surface area contributed by atoms with Gasteiger partial charge in [-0.3, -0.25) is 4.79 Å². The molecule has 4 N–H and O–H groups in total. The zero-order valence-corrected chi connectivity index (χ0v) is 20.8. The molecule has 0 fully saturated rings. The molecule has 2 aromatic heterocycles. The average Bonchev–Trinajstić information content (AvgIpc) is 3.52. The van der Waals surface area contributed by atoms with Gasteiger partial charge in [0.25, 0.3) is 5.91 Å². The molecule has 0 aliphatic rings. The first-order chi connectivity index (χ1) is 18.7. The van der Waals surface area contributed by atoms with Gasteiger partial charge in [0, 0.05) is 18.7 Å². The van der Waals surface area contributed by atoms with E-state index >= 15 is 0 Å². The standard InChI is InChI=1S/C27H23F2N5O5/c1-13(24-32-22-19(35)12-16(28)21(29)23(22)33-24)25-31-17-8-7-14(11-18(17)34(25)2)26(36)30-9-10-39-20-6-4-3-5-15(20)27(37)38/h3-8,11-13,35H,9-10H2,1-2H3,(H,30,36)(H,32,33)(H,37,38). The molecule has 1 unspecified atom stereocenters. The number of aromatic amines is 1. The molecule has 5 aromatic rings. The minimum Gasteiger partial charge on any atom is -0.506 e. The van der Waals surface area contributed by atoms with E-state index in [1.807, 2.05) is 0 Å². The summed E-state index contributed by atoms with van der Waals surface area (Å²) in [6.07, 6.45) is 0.